The van der Waals surface area contributed by atoms with Gasteiger partial charge < -0.3 is 15.3 Å². The molecule has 0 radical (unpaired) electrons. The first kappa shape index (κ1) is 26.9. The van der Waals surface area contributed by atoms with E-state index in [4.69, 9.17) is 26.5 Å². The molecule has 38 heavy (non-hydrogen) atoms. The number of aromatic nitrogens is 4. The van der Waals surface area contributed by atoms with Crippen LogP contribution >= 0.6 is 11.6 Å². The van der Waals surface area contributed by atoms with E-state index >= 15 is 0 Å². The minimum Gasteiger partial charge on any atom is -0.475 e. The lowest BCUT2D eigenvalue weighted by atomic mass is 10.3. The Labute approximate surface area is 215 Å². The number of H-pyrrole nitrogens is 1. The number of piperazine rings is 1. The zero-order valence-electron chi connectivity index (χ0n) is 19.3. The summed E-state index contributed by atoms with van der Waals surface area (Å²) in [5, 5.41) is 10.9. The highest BCUT2D eigenvalue weighted by atomic mass is 35.5. The number of anilines is 1. The van der Waals surface area contributed by atoms with E-state index in [-0.39, 0.29) is 11.2 Å². The molecule has 1 aliphatic rings. The van der Waals surface area contributed by atoms with Crippen LogP contribution in [0.3, 0.4) is 0 Å². The Balaban J connectivity index is 0.000000426. The van der Waals surface area contributed by atoms with E-state index in [1.54, 1.807) is 22.8 Å². The zero-order chi connectivity index (χ0) is 27.6. The summed E-state index contributed by atoms with van der Waals surface area (Å²) in [6.45, 7) is 2.86. The maximum Gasteiger partial charge on any atom is 0.490 e. The van der Waals surface area contributed by atoms with Gasteiger partial charge in [-0.2, -0.15) is 18.2 Å². The number of aliphatic carboxylic acids is 1. The minimum absolute atomic E-state index is 0.175. The molecule has 0 amide bonds. The van der Waals surface area contributed by atoms with E-state index in [1.165, 1.54) is 28.8 Å². The Kier molecular flexibility index (Phi) is 7.55. The van der Waals surface area contributed by atoms with Gasteiger partial charge in [-0.05, 0) is 36.4 Å². The van der Waals surface area contributed by atoms with Crippen molar-refractivity contribution in [2.24, 2.45) is 0 Å². The molecule has 2 aromatic carbocycles. The zero-order valence-corrected chi connectivity index (χ0v) is 20.1. The molecule has 0 atom stereocenters. The molecule has 0 bridgehead atoms. The summed E-state index contributed by atoms with van der Waals surface area (Å²) >= 11 is 6.48. The van der Waals surface area contributed by atoms with Gasteiger partial charge in [0, 0.05) is 26.2 Å². The number of carbonyl (C=O) groups is 1. The molecule has 3 heterocycles. The highest BCUT2D eigenvalue weighted by Gasteiger charge is 2.38. The Morgan fingerprint density at radius 2 is 1.61 bits per heavy atom. The van der Waals surface area contributed by atoms with Crippen LogP contribution < -0.4 is 21.5 Å². The van der Waals surface area contributed by atoms with Crippen molar-refractivity contribution >= 4 is 34.7 Å². The number of hydrogen-bond acceptors (Lipinski definition) is 6. The number of carboxylic acids is 1. The average molecular weight is 555 g/mol. The monoisotopic (exact) mass is 554 g/mol. The van der Waals surface area contributed by atoms with Crippen LogP contribution in [-0.4, -0.2) is 62.5 Å². The fraction of sp³-hybridized carbons (Fsp3) is 0.217. The molecule has 4 aromatic rings. The number of imidazole rings is 1. The van der Waals surface area contributed by atoms with E-state index in [2.05, 4.69) is 10.3 Å². The largest absolute Gasteiger partial charge is 0.490 e. The Bertz CT molecular complexity index is 1590. The first-order valence-electron chi connectivity index (χ1n) is 11.0. The third-order valence-corrected chi connectivity index (χ3v) is 5.83. The van der Waals surface area contributed by atoms with Crippen molar-refractivity contribution in [1.29, 1.82) is 0 Å². The van der Waals surface area contributed by atoms with E-state index in [0.717, 1.165) is 13.1 Å². The molecule has 3 N–H and O–H groups in total. The van der Waals surface area contributed by atoms with Crippen molar-refractivity contribution in [3.63, 3.8) is 0 Å². The molecule has 200 valence electrons. The molecule has 1 aliphatic heterocycles. The van der Waals surface area contributed by atoms with Crippen LogP contribution in [0.15, 0.2) is 58.1 Å². The van der Waals surface area contributed by atoms with Gasteiger partial charge in [0.15, 0.2) is 11.2 Å². The quantitative estimate of drug-likeness (QED) is 0.333. The highest BCUT2D eigenvalue weighted by molar-refractivity contribution is 6.32. The minimum atomic E-state index is -5.08. The summed E-state index contributed by atoms with van der Waals surface area (Å²) in [5.41, 5.74) is 0.102. The number of aromatic amines is 1. The van der Waals surface area contributed by atoms with Crippen molar-refractivity contribution in [2.45, 2.75) is 6.18 Å². The number of hydrogen-bond donors (Lipinski definition) is 3. The van der Waals surface area contributed by atoms with Gasteiger partial charge in [-0.25, -0.2) is 18.5 Å². The smallest absolute Gasteiger partial charge is 0.475 e. The topological polar surface area (TPSA) is 125 Å². The summed E-state index contributed by atoms with van der Waals surface area (Å²) in [7, 11) is 0. The first-order valence-corrected chi connectivity index (χ1v) is 11.4. The summed E-state index contributed by atoms with van der Waals surface area (Å²) in [6.07, 6.45) is -5.08. The molecule has 5 rings (SSSR count). The number of nitrogens with zero attached hydrogens (tertiary/aromatic N) is 4. The fourth-order valence-corrected chi connectivity index (χ4v) is 4.05. The number of rotatable bonds is 3. The second kappa shape index (κ2) is 10.7. The predicted octanol–water partition coefficient (Wildman–Crippen LogP) is 2.70. The number of nitrogens with one attached hydrogen (secondary N) is 2. The van der Waals surface area contributed by atoms with Gasteiger partial charge in [0.1, 0.15) is 5.82 Å². The molecule has 1 fully saturated rings. The average Bonchev–Trinajstić information content (AvgIpc) is 3.26. The number of para-hydroxylation sites is 1. The maximum atomic E-state index is 13.5. The lowest BCUT2D eigenvalue weighted by Crippen LogP contribution is -2.44. The van der Waals surface area contributed by atoms with E-state index in [1.807, 2.05) is 11.0 Å². The van der Waals surface area contributed by atoms with Gasteiger partial charge in [-0.1, -0.05) is 23.7 Å². The van der Waals surface area contributed by atoms with Crippen molar-refractivity contribution in [3.8, 4) is 11.4 Å². The number of fused-ring (bicyclic) bond motifs is 1. The Morgan fingerprint density at radius 1 is 1.00 bits per heavy atom. The SMILES string of the molecule is O=C(O)C(F)(F)F.O=c1[nH]c(=O)n(-c2ccc(F)cc2)c2nc(N3CCNCC3)n(-c3ccccc3Cl)c12. The lowest BCUT2D eigenvalue weighted by molar-refractivity contribution is -0.192. The Morgan fingerprint density at radius 3 is 2.18 bits per heavy atom. The van der Waals surface area contributed by atoms with Gasteiger partial charge in [0.05, 0.1) is 16.4 Å². The molecular formula is C23H19ClF4N6O4. The van der Waals surface area contributed by atoms with Gasteiger partial charge in [0.2, 0.25) is 5.95 Å². The normalized spacial score (nSPS) is 13.8. The first-order chi connectivity index (χ1) is 18.0. The predicted molar refractivity (Wildman–Crippen MR) is 131 cm³/mol. The number of halogens is 5. The highest BCUT2D eigenvalue weighted by Crippen LogP contribution is 2.30. The summed E-state index contributed by atoms with van der Waals surface area (Å²) in [4.78, 5) is 43.8. The van der Waals surface area contributed by atoms with Gasteiger partial charge in [-0.3, -0.25) is 14.3 Å². The molecule has 10 nitrogen and oxygen atoms in total. The van der Waals surface area contributed by atoms with Gasteiger partial charge >= 0.3 is 17.8 Å². The second-order valence-electron chi connectivity index (χ2n) is 7.98. The summed E-state index contributed by atoms with van der Waals surface area (Å²) in [5.74, 6) is -2.68. The molecule has 1 saturated heterocycles. The number of carboxylic acid groups (broad SMARTS) is 1. The molecule has 0 aliphatic carbocycles. The third kappa shape index (κ3) is 5.40. The van der Waals surface area contributed by atoms with E-state index in [9.17, 15) is 27.2 Å². The van der Waals surface area contributed by atoms with Crippen LogP contribution in [0.25, 0.3) is 22.5 Å². The summed E-state index contributed by atoms with van der Waals surface area (Å²) < 4.78 is 48.2. The van der Waals surface area contributed by atoms with Gasteiger partial charge in [-0.15, -0.1) is 0 Å². The standard InChI is InChI=1S/C21H18ClFN6O2.C2HF3O2/c22-15-3-1-2-4-16(15)29-17-18(25-20(29)27-11-9-24-10-12-27)28(21(31)26-19(17)30)14-7-5-13(23)6-8-14;3-2(4,5)1(6)7/h1-8,24H,9-12H2,(H,26,30,31);(H,6,7). The van der Waals surface area contributed by atoms with Crippen molar-refractivity contribution in [3.05, 3.63) is 80.2 Å². The molecule has 0 spiro atoms. The number of alkyl halides is 3. The van der Waals surface area contributed by atoms with Crippen molar-refractivity contribution in [2.75, 3.05) is 31.1 Å². The van der Waals surface area contributed by atoms with Crippen LogP contribution in [0.4, 0.5) is 23.5 Å². The Hall–Kier alpha value is -4.17. The molecule has 2 aromatic heterocycles. The second-order valence-corrected chi connectivity index (χ2v) is 8.39. The van der Waals surface area contributed by atoms with Crippen LogP contribution in [0.1, 0.15) is 0 Å². The molecule has 0 saturated carbocycles. The van der Waals surface area contributed by atoms with Crippen LogP contribution in [0.5, 0.6) is 0 Å². The van der Waals surface area contributed by atoms with E-state index in [0.29, 0.717) is 35.4 Å². The van der Waals surface area contributed by atoms with Crippen molar-refractivity contribution in [1.82, 2.24) is 24.4 Å². The van der Waals surface area contributed by atoms with Gasteiger partial charge in [0.25, 0.3) is 5.56 Å². The van der Waals surface area contributed by atoms with Crippen LogP contribution in [-0.2, 0) is 4.79 Å². The fourth-order valence-electron chi connectivity index (χ4n) is 3.83. The molecule has 15 heteroatoms. The van der Waals surface area contributed by atoms with Crippen LogP contribution in [0.2, 0.25) is 5.02 Å². The van der Waals surface area contributed by atoms with Crippen LogP contribution in [0, 0.1) is 5.82 Å². The van der Waals surface area contributed by atoms with Crippen molar-refractivity contribution < 1.29 is 27.5 Å². The van der Waals surface area contributed by atoms with E-state index < -0.39 is 29.2 Å². The molecule has 0 unspecified atom stereocenters. The maximum absolute atomic E-state index is 13.5. The summed E-state index contributed by atoms with van der Waals surface area (Å²) in [6, 6.07) is 12.6. The third-order valence-electron chi connectivity index (χ3n) is 5.51. The lowest BCUT2D eigenvalue weighted by Gasteiger charge is -2.28. The molecular weight excluding hydrogens is 536 g/mol. The number of benzene rings is 2.